The van der Waals surface area contributed by atoms with Gasteiger partial charge in [0, 0.05) is 31.2 Å². The van der Waals surface area contributed by atoms with Crippen molar-refractivity contribution in [3.63, 3.8) is 0 Å². The zero-order chi connectivity index (χ0) is 16.4. The van der Waals surface area contributed by atoms with Gasteiger partial charge in [-0.1, -0.05) is 0 Å². The molecule has 0 aliphatic heterocycles. The van der Waals surface area contributed by atoms with Crippen molar-refractivity contribution in [2.24, 2.45) is 0 Å². The number of hydrogen-bond donors (Lipinski definition) is 1. The second kappa shape index (κ2) is 5.84. The predicted octanol–water partition coefficient (Wildman–Crippen LogP) is 2.03. The van der Waals surface area contributed by atoms with E-state index in [1.54, 1.807) is 6.20 Å². The molecule has 0 fully saturated rings. The first-order valence-electron chi connectivity index (χ1n) is 6.83. The predicted molar refractivity (Wildman–Crippen MR) is 82.2 cm³/mol. The third-order valence-electron chi connectivity index (χ3n) is 3.23. The van der Waals surface area contributed by atoms with Gasteiger partial charge in [0.05, 0.1) is 23.9 Å². The smallest absolute Gasteiger partial charge is 0.265 e. The Morgan fingerprint density at radius 2 is 2.17 bits per heavy atom. The number of imidazole rings is 1. The summed E-state index contributed by atoms with van der Waals surface area (Å²) in [6, 6.07) is 4.08. The van der Waals surface area contributed by atoms with Gasteiger partial charge in [-0.05, 0) is 19.1 Å². The van der Waals surface area contributed by atoms with Crippen LogP contribution in [0.1, 0.15) is 6.92 Å². The molecule has 3 rings (SSSR count). The van der Waals surface area contributed by atoms with E-state index in [1.807, 2.05) is 6.92 Å². The minimum Gasteiger partial charge on any atom is -0.303 e. The zero-order valence-electron chi connectivity index (χ0n) is 12.2. The highest BCUT2D eigenvalue weighted by Gasteiger charge is 2.17. The minimum atomic E-state index is -3.81. The van der Waals surface area contributed by atoms with Crippen LogP contribution in [0.15, 0.2) is 54.2 Å². The summed E-state index contributed by atoms with van der Waals surface area (Å²) in [7, 11) is -3.81. The van der Waals surface area contributed by atoms with Gasteiger partial charge in [-0.2, -0.15) is 5.10 Å². The summed E-state index contributed by atoms with van der Waals surface area (Å²) in [5.41, 5.74) is 0.417. The van der Waals surface area contributed by atoms with Crippen LogP contribution in [-0.2, 0) is 16.6 Å². The third-order valence-corrected chi connectivity index (χ3v) is 4.56. The Bertz CT molecular complexity index is 919. The number of nitrogens with zero attached hydrogens (tertiary/aromatic N) is 4. The molecule has 0 aliphatic carbocycles. The quantitative estimate of drug-likeness (QED) is 0.773. The first-order valence-corrected chi connectivity index (χ1v) is 8.31. The van der Waals surface area contributed by atoms with Gasteiger partial charge in [0.15, 0.2) is 0 Å². The molecule has 7 nitrogen and oxygen atoms in total. The lowest BCUT2D eigenvalue weighted by molar-refractivity contribution is 0.600. The van der Waals surface area contributed by atoms with Crippen molar-refractivity contribution in [3.05, 3.63) is 55.1 Å². The Hall–Kier alpha value is -2.68. The molecule has 9 heteroatoms. The number of nitrogens with one attached hydrogen (secondary N) is 1. The normalized spacial score (nSPS) is 11.6. The average molecular weight is 335 g/mol. The molecular weight excluding hydrogens is 321 g/mol. The second-order valence-corrected chi connectivity index (χ2v) is 6.46. The number of benzene rings is 1. The van der Waals surface area contributed by atoms with Crippen LogP contribution >= 0.6 is 0 Å². The van der Waals surface area contributed by atoms with Crippen molar-refractivity contribution >= 4 is 15.7 Å². The van der Waals surface area contributed by atoms with E-state index in [-0.39, 0.29) is 16.3 Å². The number of rotatable bonds is 5. The standard InChI is InChI=1S/C14H14FN5O2S/c1-2-20-9-12(8-17-20)23(21,22)18-11-3-4-14(13(15)7-11)19-6-5-16-10-19/h3-10,18H,2H2,1H3. The van der Waals surface area contributed by atoms with E-state index in [4.69, 9.17) is 0 Å². The van der Waals surface area contributed by atoms with E-state index >= 15 is 0 Å². The molecule has 0 aliphatic rings. The number of aromatic nitrogens is 4. The molecule has 2 heterocycles. The Morgan fingerprint density at radius 3 is 2.78 bits per heavy atom. The van der Waals surface area contributed by atoms with Crippen LogP contribution < -0.4 is 4.72 Å². The highest BCUT2D eigenvalue weighted by atomic mass is 32.2. The molecule has 0 atom stereocenters. The van der Waals surface area contributed by atoms with Crippen LogP contribution in [-0.4, -0.2) is 27.7 Å². The molecule has 0 unspecified atom stereocenters. The highest BCUT2D eigenvalue weighted by molar-refractivity contribution is 7.92. The fourth-order valence-corrected chi connectivity index (χ4v) is 3.05. The molecule has 23 heavy (non-hydrogen) atoms. The zero-order valence-corrected chi connectivity index (χ0v) is 13.0. The molecule has 1 N–H and O–H groups in total. The fourth-order valence-electron chi connectivity index (χ4n) is 2.05. The molecule has 2 aromatic heterocycles. The topological polar surface area (TPSA) is 81.8 Å². The monoisotopic (exact) mass is 335 g/mol. The first-order chi connectivity index (χ1) is 11.0. The van der Waals surface area contributed by atoms with Gasteiger partial charge in [0.2, 0.25) is 0 Å². The SMILES string of the molecule is CCn1cc(S(=O)(=O)Nc2ccc(-n3ccnc3)c(F)c2)cn1. The fraction of sp³-hybridized carbons (Fsp3) is 0.143. The van der Waals surface area contributed by atoms with Crippen LogP contribution in [0.2, 0.25) is 0 Å². The number of anilines is 1. The second-order valence-electron chi connectivity index (χ2n) is 4.77. The molecule has 0 saturated carbocycles. The average Bonchev–Trinajstić information content (AvgIpc) is 3.18. The summed E-state index contributed by atoms with van der Waals surface area (Å²) in [4.78, 5) is 3.87. The van der Waals surface area contributed by atoms with Crippen molar-refractivity contribution in [3.8, 4) is 5.69 Å². The molecule has 0 radical (unpaired) electrons. The van der Waals surface area contributed by atoms with E-state index in [0.717, 1.165) is 6.07 Å². The van der Waals surface area contributed by atoms with Crippen LogP contribution in [0.4, 0.5) is 10.1 Å². The molecule has 0 bridgehead atoms. The Balaban J connectivity index is 1.87. The van der Waals surface area contributed by atoms with Gasteiger partial charge in [0.25, 0.3) is 10.0 Å². The largest absolute Gasteiger partial charge is 0.303 e. The van der Waals surface area contributed by atoms with Crippen LogP contribution in [0.25, 0.3) is 5.69 Å². The maximum absolute atomic E-state index is 14.1. The van der Waals surface area contributed by atoms with Crippen LogP contribution in [0.5, 0.6) is 0 Å². The summed E-state index contributed by atoms with van der Waals surface area (Å²) in [6.45, 7) is 2.41. The van der Waals surface area contributed by atoms with Gasteiger partial charge in [-0.25, -0.2) is 17.8 Å². The van der Waals surface area contributed by atoms with Gasteiger partial charge in [-0.3, -0.25) is 9.40 Å². The molecule has 0 saturated heterocycles. The van der Waals surface area contributed by atoms with Gasteiger partial charge >= 0.3 is 0 Å². The maximum Gasteiger partial charge on any atom is 0.265 e. The van der Waals surface area contributed by atoms with Crippen molar-refractivity contribution < 1.29 is 12.8 Å². The lowest BCUT2D eigenvalue weighted by Gasteiger charge is -2.09. The number of sulfonamides is 1. The summed E-state index contributed by atoms with van der Waals surface area (Å²) in [5, 5.41) is 3.92. The Labute approximate surface area is 132 Å². The first kappa shape index (κ1) is 15.2. The van der Waals surface area contributed by atoms with E-state index in [2.05, 4.69) is 14.8 Å². The summed E-state index contributed by atoms with van der Waals surface area (Å²) < 4.78 is 44.0. The van der Waals surface area contributed by atoms with E-state index in [1.165, 1.54) is 46.3 Å². The molecule has 3 aromatic rings. The van der Waals surface area contributed by atoms with Crippen LogP contribution in [0, 0.1) is 5.82 Å². The Kier molecular flexibility index (Phi) is 3.87. The Morgan fingerprint density at radius 1 is 1.35 bits per heavy atom. The third kappa shape index (κ3) is 3.09. The van der Waals surface area contributed by atoms with E-state index in [9.17, 15) is 12.8 Å². The molecule has 120 valence electrons. The minimum absolute atomic E-state index is 0.0263. The molecular formula is C14H14FN5O2S. The van der Waals surface area contributed by atoms with Crippen molar-refractivity contribution in [2.75, 3.05) is 4.72 Å². The van der Waals surface area contributed by atoms with Gasteiger partial charge < -0.3 is 4.57 Å². The van der Waals surface area contributed by atoms with Crippen molar-refractivity contribution in [1.29, 1.82) is 0 Å². The molecule has 1 aromatic carbocycles. The number of aryl methyl sites for hydroxylation is 1. The highest BCUT2D eigenvalue weighted by Crippen LogP contribution is 2.21. The van der Waals surface area contributed by atoms with Crippen LogP contribution in [0.3, 0.4) is 0 Å². The van der Waals surface area contributed by atoms with Crippen molar-refractivity contribution in [2.45, 2.75) is 18.4 Å². The summed E-state index contributed by atoms with van der Waals surface area (Å²) in [5.74, 6) is -0.563. The van der Waals surface area contributed by atoms with Crippen molar-refractivity contribution in [1.82, 2.24) is 19.3 Å². The summed E-state index contributed by atoms with van der Waals surface area (Å²) >= 11 is 0. The molecule has 0 spiro atoms. The van der Waals surface area contributed by atoms with Gasteiger partial charge in [0.1, 0.15) is 10.7 Å². The lowest BCUT2D eigenvalue weighted by Crippen LogP contribution is -2.12. The van der Waals surface area contributed by atoms with E-state index < -0.39 is 15.8 Å². The lowest BCUT2D eigenvalue weighted by atomic mass is 10.2. The summed E-state index contributed by atoms with van der Waals surface area (Å²) in [6.07, 6.45) is 7.25. The van der Waals surface area contributed by atoms with Gasteiger partial charge in [-0.15, -0.1) is 0 Å². The number of hydrogen-bond acceptors (Lipinski definition) is 4. The molecule has 0 amide bonds. The van der Waals surface area contributed by atoms with E-state index in [0.29, 0.717) is 6.54 Å². The number of halogens is 1. The maximum atomic E-state index is 14.1.